The highest BCUT2D eigenvalue weighted by molar-refractivity contribution is 5.93. The molecule has 172 valence electrons. The Balaban J connectivity index is 1.10. The van der Waals surface area contributed by atoms with Gasteiger partial charge >= 0.3 is 0 Å². The summed E-state index contributed by atoms with van der Waals surface area (Å²) in [4.78, 5) is 5.30. The number of piperazine rings is 1. The Kier molecular flexibility index (Phi) is 5.17. The van der Waals surface area contributed by atoms with Crippen molar-refractivity contribution in [1.82, 2.24) is 14.0 Å². The van der Waals surface area contributed by atoms with Crippen LogP contribution in [-0.2, 0) is 14.1 Å². The Bertz CT molecular complexity index is 1290. The number of halogens is 1. The van der Waals surface area contributed by atoms with Gasteiger partial charge < -0.3 is 14.0 Å². The summed E-state index contributed by atoms with van der Waals surface area (Å²) in [6, 6.07) is 14.9. The molecule has 2 fully saturated rings. The Morgan fingerprint density at radius 1 is 0.788 bits per heavy atom. The van der Waals surface area contributed by atoms with Crippen LogP contribution in [0.3, 0.4) is 0 Å². The minimum Gasteiger partial charge on any atom is -0.368 e. The van der Waals surface area contributed by atoms with Gasteiger partial charge in [0.05, 0.1) is 5.52 Å². The third kappa shape index (κ3) is 3.63. The lowest BCUT2D eigenvalue weighted by Gasteiger charge is -2.42. The number of aryl methyl sites for hydroxylation is 2. The molecule has 1 aliphatic heterocycles. The average Bonchev–Trinajstić information content (AvgIpc) is 3.39. The number of aromatic nitrogens is 2. The second-order valence-electron chi connectivity index (χ2n) is 10.0. The molecule has 2 aromatic carbocycles. The first-order chi connectivity index (χ1) is 16.1. The molecule has 3 heterocycles. The van der Waals surface area contributed by atoms with Crippen LogP contribution in [0, 0.1) is 5.82 Å². The first-order valence-corrected chi connectivity index (χ1v) is 12.4. The van der Waals surface area contributed by atoms with Crippen LogP contribution in [0.15, 0.2) is 54.9 Å². The largest absolute Gasteiger partial charge is 0.368 e. The fraction of sp³-hybridized carbons (Fsp3) is 0.429. The van der Waals surface area contributed by atoms with E-state index in [1.54, 1.807) is 12.1 Å². The fourth-order valence-electron chi connectivity index (χ4n) is 6.36. The smallest absolute Gasteiger partial charge is 0.125 e. The molecular formula is C28H33FN4. The van der Waals surface area contributed by atoms with Gasteiger partial charge in [0.15, 0.2) is 0 Å². The zero-order chi connectivity index (χ0) is 22.5. The summed E-state index contributed by atoms with van der Waals surface area (Å²) in [7, 11) is 4.16. The van der Waals surface area contributed by atoms with Gasteiger partial charge in [-0.25, -0.2) is 4.39 Å². The maximum Gasteiger partial charge on any atom is 0.125 e. The lowest BCUT2D eigenvalue weighted by Crippen LogP contribution is -2.51. The Labute approximate surface area is 195 Å². The number of rotatable bonds is 3. The molecule has 0 N–H and O–H groups in total. The Hall–Kier alpha value is -2.79. The van der Waals surface area contributed by atoms with Crippen LogP contribution in [0.25, 0.3) is 21.8 Å². The second kappa shape index (κ2) is 8.21. The SMILES string of the molecule is Cn1ccc2c(N3CCN([C@H]4CC[C@@H](c5cn(C)c6cc(F)ccc65)CC4)CC3)cccc21. The fourth-order valence-corrected chi connectivity index (χ4v) is 6.36. The highest BCUT2D eigenvalue weighted by Gasteiger charge is 2.30. The first kappa shape index (κ1) is 20.8. The Morgan fingerprint density at radius 2 is 1.58 bits per heavy atom. The molecule has 1 saturated heterocycles. The molecule has 5 heteroatoms. The van der Waals surface area contributed by atoms with E-state index in [4.69, 9.17) is 0 Å². The molecule has 0 spiro atoms. The number of nitrogens with zero attached hydrogens (tertiary/aromatic N) is 4. The molecule has 0 atom stereocenters. The molecule has 33 heavy (non-hydrogen) atoms. The topological polar surface area (TPSA) is 16.3 Å². The predicted molar refractivity (Wildman–Crippen MR) is 135 cm³/mol. The molecule has 0 bridgehead atoms. The van der Waals surface area contributed by atoms with Crippen molar-refractivity contribution in [3.8, 4) is 0 Å². The van der Waals surface area contributed by atoms with Crippen LogP contribution >= 0.6 is 0 Å². The van der Waals surface area contributed by atoms with Crippen molar-refractivity contribution < 1.29 is 4.39 Å². The molecule has 0 radical (unpaired) electrons. The van der Waals surface area contributed by atoms with Gasteiger partial charge in [0.1, 0.15) is 5.82 Å². The van der Waals surface area contributed by atoms with Gasteiger partial charge in [0.25, 0.3) is 0 Å². The Morgan fingerprint density at radius 3 is 2.36 bits per heavy atom. The zero-order valence-electron chi connectivity index (χ0n) is 19.7. The van der Waals surface area contributed by atoms with Crippen LogP contribution in [0.5, 0.6) is 0 Å². The van der Waals surface area contributed by atoms with Crippen molar-refractivity contribution >= 4 is 27.5 Å². The van der Waals surface area contributed by atoms with Crippen molar-refractivity contribution in [3.05, 3.63) is 66.2 Å². The van der Waals surface area contributed by atoms with Crippen LogP contribution in [0.1, 0.15) is 37.2 Å². The van der Waals surface area contributed by atoms with Crippen molar-refractivity contribution in [2.45, 2.75) is 37.6 Å². The van der Waals surface area contributed by atoms with Crippen LogP contribution in [0.2, 0.25) is 0 Å². The standard InChI is InChI=1S/C28H33FN4/c1-30-13-12-24-26(30)4-3-5-27(24)33-16-14-32(15-17-33)22-9-6-20(7-10-22)25-19-31(2)28-18-21(29)8-11-23(25)28/h3-5,8,11-13,18-20,22H,6-7,9-10,14-17H2,1-2H3/t20-,22+. The number of anilines is 1. The third-order valence-electron chi connectivity index (χ3n) is 8.20. The summed E-state index contributed by atoms with van der Waals surface area (Å²) in [5.74, 6) is 0.439. The lowest BCUT2D eigenvalue weighted by atomic mass is 9.81. The molecule has 4 nitrogen and oxygen atoms in total. The van der Waals surface area contributed by atoms with Gasteiger partial charge in [-0.2, -0.15) is 0 Å². The monoisotopic (exact) mass is 444 g/mol. The number of fused-ring (bicyclic) bond motifs is 2. The summed E-state index contributed by atoms with van der Waals surface area (Å²) in [6.07, 6.45) is 9.37. The van der Waals surface area contributed by atoms with Gasteiger partial charge in [0.2, 0.25) is 0 Å². The number of benzene rings is 2. The number of hydrogen-bond donors (Lipinski definition) is 0. The minimum atomic E-state index is -0.151. The third-order valence-corrected chi connectivity index (χ3v) is 8.20. The average molecular weight is 445 g/mol. The predicted octanol–water partition coefficient (Wildman–Crippen LogP) is 5.66. The molecule has 1 aliphatic carbocycles. The number of hydrogen-bond acceptors (Lipinski definition) is 2. The zero-order valence-corrected chi connectivity index (χ0v) is 19.7. The minimum absolute atomic E-state index is 0.151. The van der Waals surface area contributed by atoms with Gasteiger partial charge in [0, 0.05) is 80.7 Å². The molecule has 2 aliphatic rings. The van der Waals surface area contributed by atoms with Crippen molar-refractivity contribution in [2.24, 2.45) is 14.1 Å². The maximum atomic E-state index is 13.7. The molecule has 6 rings (SSSR count). The van der Waals surface area contributed by atoms with E-state index < -0.39 is 0 Å². The van der Waals surface area contributed by atoms with E-state index in [2.05, 4.69) is 62.6 Å². The summed E-state index contributed by atoms with van der Waals surface area (Å²) in [5, 5.41) is 2.59. The highest BCUT2D eigenvalue weighted by Crippen LogP contribution is 2.39. The molecule has 4 aromatic rings. The summed E-state index contributed by atoms with van der Waals surface area (Å²) in [5.41, 5.74) is 5.11. The van der Waals surface area contributed by atoms with E-state index >= 15 is 0 Å². The van der Waals surface area contributed by atoms with Crippen LogP contribution in [0.4, 0.5) is 10.1 Å². The second-order valence-corrected chi connectivity index (χ2v) is 10.0. The van der Waals surface area contributed by atoms with Gasteiger partial charge in [-0.05, 0) is 73.6 Å². The van der Waals surface area contributed by atoms with Crippen LogP contribution in [-0.4, -0.2) is 46.3 Å². The van der Waals surface area contributed by atoms with Gasteiger partial charge in [-0.1, -0.05) is 6.07 Å². The summed E-state index contributed by atoms with van der Waals surface area (Å²) < 4.78 is 18.0. The van der Waals surface area contributed by atoms with E-state index in [-0.39, 0.29) is 5.82 Å². The maximum absolute atomic E-state index is 13.7. The van der Waals surface area contributed by atoms with E-state index in [0.717, 1.165) is 31.7 Å². The quantitative estimate of drug-likeness (QED) is 0.406. The first-order valence-electron chi connectivity index (χ1n) is 12.4. The van der Waals surface area contributed by atoms with E-state index in [1.165, 1.54) is 53.2 Å². The molecule has 2 aromatic heterocycles. The molecule has 1 saturated carbocycles. The molecular weight excluding hydrogens is 411 g/mol. The lowest BCUT2D eigenvalue weighted by molar-refractivity contribution is 0.141. The van der Waals surface area contributed by atoms with E-state index in [1.807, 2.05) is 13.1 Å². The van der Waals surface area contributed by atoms with Crippen molar-refractivity contribution in [1.29, 1.82) is 0 Å². The molecule has 0 unspecified atom stereocenters. The van der Waals surface area contributed by atoms with E-state index in [0.29, 0.717) is 12.0 Å². The normalized spacial score (nSPS) is 22.5. The van der Waals surface area contributed by atoms with Crippen molar-refractivity contribution in [3.63, 3.8) is 0 Å². The highest BCUT2D eigenvalue weighted by atomic mass is 19.1. The van der Waals surface area contributed by atoms with Gasteiger partial charge in [-0.3, -0.25) is 4.90 Å². The summed E-state index contributed by atoms with van der Waals surface area (Å²) >= 11 is 0. The van der Waals surface area contributed by atoms with Crippen LogP contribution < -0.4 is 4.90 Å². The van der Waals surface area contributed by atoms with Gasteiger partial charge in [-0.15, -0.1) is 0 Å². The molecule has 0 amide bonds. The van der Waals surface area contributed by atoms with Crippen molar-refractivity contribution in [2.75, 3.05) is 31.1 Å². The van der Waals surface area contributed by atoms with E-state index in [9.17, 15) is 4.39 Å². The summed E-state index contributed by atoms with van der Waals surface area (Å²) in [6.45, 7) is 4.49.